The van der Waals surface area contributed by atoms with Gasteiger partial charge in [0.05, 0.1) is 19.3 Å². The van der Waals surface area contributed by atoms with Gasteiger partial charge in [-0.2, -0.15) is 0 Å². The predicted octanol–water partition coefficient (Wildman–Crippen LogP) is 4.52. The normalized spacial score (nSPS) is 12.8. The molecule has 0 fully saturated rings. The number of ether oxygens (including phenoxy) is 3. The summed E-state index contributed by atoms with van der Waals surface area (Å²) in [6.07, 6.45) is 2.41. The second kappa shape index (κ2) is 12.9. The summed E-state index contributed by atoms with van der Waals surface area (Å²) in [6.45, 7) is -0.867. The summed E-state index contributed by atoms with van der Waals surface area (Å²) >= 11 is 0. The van der Waals surface area contributed by atoms with Gasteiger partial charge in [-0.25, -0.2) is 0 Å². The number of H-pyrrole nitrogens is 3. The zero-order valence-corrected chi connectivity index (χ0v) is 23.7. The van der Waals surface area contributed by atoms with Crippen molar-refractivity contribution in [2.75, 3.05) is 13.2 Å². The molecule has 0 bridgehead atoms. The maximum absolute atomic E-state index is 13.0. The topological polar surface area (TPSA) is 146 Å². The van der Waals surface area contributed by atoms with Crippen molar-refractivity contribution in [3.63, 3.8) is 0 Å². The summed E-state index contributed by atoms with van der Waals surface area (Å²) in [6, 6.07) is 22.7. The third-order valence-electron chi connectivity index (χ3n) is 7.56. The molecule has 0 aliphatic carbocycles. The number of para-hydroxylation sites is 3. The van der Waals surface area contributed by atoms with Gasteiger partial charge in [0.2, 0.25) is 0 Å². The highest BCUT2D eigenvalue weighted by Gasteiger charge is 2.28. The highest BCUT2D eigenvalue weighted by Crippen LogP contribution is 2.21. The van der Waals surface area contributed by atoms with Crippen LogP contribution in [0.4, 0.5) is 0 Å². The molecule has 0 radical (unpaired) electrons. The highest BCUT2D eigenvalue weighted by molar-refractivity contribution is 5.89. The molecule has 4 N–H and O–H groups in total. The van der Waals surface area contributed by atoms with Crippen molar-refractivity contribution in [1.29, 1.82) is 0 Å². The quantitative estimate of drug-likeness (QED) is 0.121. The molecule has 6 rings (SSSR count). The number of aromatic amines is 3. The van der Waals surface area contributed by atoms with E-state index in [9.17, 15) is 19.5 Å². The number of aliphatic hydroxyl groups is 1. The molecule has 10 nitrogen and oxygen atoms in total. The second-order valence-corrected chi connectivity index (χ2v) is 10.6. The fraction of sp³-hybridized carbons (Fsp3) is 0.206. The van der Waals surface area contributed by atoms with E-state index in [-0.39, 0.29) is 19.3 Å². The first kappa shape index (κ1) is 28.8. The molecule has 3 aromatic carbocycles. The Labute approximate surface area is 251 Å². The molecule has 3 heterocycles. The number of esters is 3. The summed E-state index contributed by atoms with van der Waals surface area (Å²) < 4.78 is 16.4. The molecule has 224 valence electrons. The minimum atomic E-state index is -1.44. The number of aromatic nitrogens is 3. The van der Waals surface area contributed by atoms with Crippen LogP contribution >= 0.6 is 0 Å². The van der Waals surface area contributed by atoms with Gasteiger partial charge in [0.15, 0.2) is 6.10 Å². The molecular formula is C34H31N3O7. The largest absolute Gasteiger partial charge is 0.463 e. The van der Waals surface area contributed by atoms with Crippen molar-refractivity contribution >= 4 is 50.6 Å². The van der Waals surface area contributed by atoms with E-state index in [1.807, 2.05) is 72.8 Å². The summed E-state index contributed by atoms with van der Waals surface area (Å²) in [4.78, 5) is 47.7. The summed E-state index contributed by atoms with van der Waals surface area (Å²) in [5.74, 6) is -1.75. The van der Waals surface area contributed by atoms with Gasteiger partial charge in [-0.1, -0.05) is 54.6 Å². The smallest absolute Gasteiger partial charge is 0.310 e. The molecule has 2 atom stereocenters. The second-order valence-electron chi connectivity index (χ2n) is 10.6. The molecule has 3 aromatic heterocycles. The van der Waals surface area contributed by atoms with Crippen molar-refractivity contribution in [2.24, 2.45) is 0 Å². The Balaban J connectivity index is 1.10. The van der Waals surface area contributed by atoms with Crippen LogP contribution in [0.25, 0.3) is 32.7 Å². The van der Waals surface area contributed by atoms with E-state index in [4.69, 9.17) is 14.2 Å². The van der Waals surface area contributed by atoms with Gasteiger partial charge < -0.3 is 34.3 Å². The Morgan fingerprint density at radius 3 is 1.41 bits per heavy atom. The van der Waals surface area contributed by atoms with E-state index in [1.165, 1.54) is 0 Å². The number of aliphatic hydroxyl groups excluding tert-OH is 1. The van der Waals surface area contributed by atoms with Crippen molar-refractivity contribution in [3.8, 4) is 0 Å². The highest BCUT2D eigenvalue weighted by atomic mass is 16.6. The predicted molar refractivity (Wildman–Crippen MR) is 164 cm³/mol. The first-order valence-corrected chi connectivity index (χ1v) is 14.3. The zero-order valence-electron chi connectivity index (χ0n) is 23.7. The summed E-state index contributed by atoms with van der Waals surface area (Å²) in [5, 5.41) is 13.6. The molecule has 0 unspecified atom stereocenters. The fourth-order valence-electron chi connectivity index (χ4n) is 5.30. The summed E-state index contributed by atoms with van der Waals surface area (Å²) in [7, 11) is 0. The third kappa shape index (κ3) is 6.50. The lowest BCUT2D eigenvalue weighted by atomic mass is 10.1. The number of carbonyl (C=O) groups excluding carboxylic acids is 3. The Kier molecular flexibility index (Phi) is 8.42. The molecule has 0 aliphatic rings. The van der Waals surface area contributed by atoms with Crippen molar-refractivity contribution in [1.82, 2.24) is 15.0 Å². The lowest BCUT2D eigenvalue weighted by Crippen LogP contribution is -2.40. The average molecular weight is 594 g/mol. The zero-order chi connectivity index (χ0) is 30.5. The molecule has 0 saturated carbocycles. The van der Waals surface area contributed by atoms with Gasteiger partial charge in [-0.15, -0.1) is 0 Å². The van der Waals surface area contributed by atoms with Crippen molar-refractivity contribution in [3.05, 3.63) is 108 Å². The van der Waals surface area contributed by atoms with Crippen molar-refractivity contribution < 1.29 is 33.7 Å². The van der Waals surface area contributed by atoms with E-state index in [2.05, 4.69) is 15.0 Å². The van der Waals surface area contributed by atoms with Crippen LogP contribution in [0.3, 0.4) is 0 Å². The molecule has 6 aromatic rings. The van der Waals surface area contributed by atoms with E-state index in [0.717, 1.165) is 49.4 Å². The number of carbonyl (C=O) groups is 3. The van der Waals surface area contributed by atoms with Gasteiger partial charge >= 0.3 is 17.9 Å². The first-order chi connectivity index (χ1) is 21.4. The Bertz CT molecular complexity index is 1940. The van der Waals surface area contributed by atoms with Crippen LogP contribution in [0, 0.1) is 0 Å². The number of rotatable bonds is 12. The van der Waals surface area contributed by atoms with Crippen LogP contribution in [-0.2, 0) is 47.9 Å². The lowest BCUT2D eigenvalue weighted by molar-refractivity contribution is -0.170. The molecule has 44 heavy (non-hydrogen) atoms. The van der Waals surface area contributed by atoms with Gasteiger partial charge in [0.25, 0.3) is 0 Å². The standard InChI is InChI=1S/C34H31N3O7/c38-30(19-42-32(39)13-21-16-35-27-10-4-1-7-24(21)27)31(44-34(41)15-23-18-37-29-12-6-3-9-26(23)29)20-43-33(40)14-22-17-36-28-11-5-2-8-25(22)28/h1-12,16-18,30-31,35-38H,13-15,19-20H2/t30-,31+/m1/s1. The number of fused-ring (bicyclic) bond motifs is 3. The Morgan fingerprint density at radius 2 is 0.955 bits per heavy atom. The van der Waals surface area contributed by atoms with Gasteiger partial charge in [0.1, 0.15) is 19.3 Å². The monoisotopic (exact) mass is 593 g/mol. The van der Waals surface area contributed by atoms with Gasteiger partial charge in [0, 0.05) is 51.3 Å². The average Bonchev–Trinajstić information content (AvgIpc) is 3.76. The molecule has 0 aliphatic heterocycles. The lowest BCUT2D eigenvalue weighted by Gasteiger charge is -2.23. The maximum atomic E-state index is 13.0. The van der Waals surface area contributed by atoms with Crippen LogP contribution in [0.1, 0.15) is 16.7 Å². The van der Waals surface area contributed by atoms with Crippen LogP contribution in [0.2, 0.25) is 0 Å². The first-order valence-electron chi connectivity index (χ1n) is 14.3. The number of hydrogen-bond donors (Lipinski definition) is 4. The van der Waals surface area contributed by atoms with E-state index in [1.54, 1.807) is 18.6 Å². The van der Waals surface area contributed by atoms with Crippen LogP contribution in [-0.4, -0.2) is 63.4 Å². The van der Waals surface area contributed by atoms with E-state index >= 15 is 0 Å². The maximum Gasteiger partial charge on any atom is 0.310 e. The fourth-order valence-corrected chi connectivity index (χ4v) is 5.30. The van der Waals surface area contributed by atoms with Crippen molar-refractivity contribution in [2.45, 2.75) is 31.5 Å². The number of benzene rings is 3. The van der Waals surface area contributed by atoms with Crippen LogP contribution in [0.5, 0.6) is 0 Å². The SMILES string of the molecule is O=C(Cc1c[nH]c2ccccc12)OC[C@@H](O)[C@H](COC(=O)Cc1c[nH]c2ccccc12)OC(=O)Cc1c[nH]c2ccccc12. The molecule has 10 heteroatoms. The minimum Gasteiger partial charge on any atom is -0.463 e. The molecule has 0 saturated heterocycles. The van der Waals surface area contributed by atoms with E-state index < -0.39 is 43.3 Å². The van der Waals surface area contributed by atoms with Gasteiger partial charge in [-0.3, -0.25) is 14.4 Å². The molecule has 0 spiro atoms. The molecular weight excluding hydrogens is 562 g/mol. The minimum absolute atomic E-state index is 0.0125. The Hall–Kier alpha value is -5.35. The third-order valence-corrected chi connectivity index (χ3v) is 7.56. The number of nitrogens with one attached hydrogen (secondary N) is 3. The van der Waals surface area contributed by atoms with Gasteiger partial charge in [-0.05, 0) is 34.9 Å². The van der Waals surface area contributed by atoms with Crippen LogP contribution < -0.4 is 0 Å². The van der Waals surface area contributed by atoms with E-state index in [0.29, 0.717) is 0 Å². The Morgan fingerprint density at radius 1 is 0.568 bits per heavy atom. The molecule has 0 amide bonds. The number of hydrogen-bond acceptors (Lipinski definition) is 7. The van der Waals surface area contributed by atoms with Crippen LogP contribution in [0.15, 0.2) is 91.4 Å². The summed E-state index contributed by atoms with van der Waals surface area (Å²) in [5.41, 5.74) is 4.90.